The van der Waals surface area contributed by atoms with Gasteiger partial charge in [-0.05, 0) is 67.6 Å². The second kappa shape index (κ2) is 6.98. The van der Waals surface area contributed by atoms with Crippen LogP contribution in [0.5, 0.6) is 11.5 Å². The number of hydrogen-bond acceptors (Lipinski definition) is 5. The second-order valence-electron chi connectivity index (χ2n) is 8.36. The molecular weight excluding hydrogens is 418 g/mol. The Kier molecular flexibility index (Phi) is 4.44. The quantitative estimate of drug-likeness (QED) is 0.645. The van der Waals surface area contributed by atoms with Crippen molar-refractivity contribution >= 4 is 5.78 Å². The van der Waals surface area contributed by atoms with Gasteiger partial charge in [0.2, 0.25) is 5.56 Å². The maximum atomic E-state index is 13.4. The van der Waals surface area contributed by atoms with Gasteiger partial charge in [0.25, 0.3) is 0 Å². The predicted octanol–water partition coefficient (Wildman–Crippen LogP) is 4.22. The highest BCUT2D eigenvalue weighted by atomic mass is 19.3. The van der Waals surface area contributed by atoms with Gasteiger partial charge in [-0.3, -0.25) is 14.6 Å². The Bertz CT molecular complexity index is 1310. The summed E-state index contributed by atoms with van der Waals surface area (Å²) >= 11 is 0. The number of halogens is 2. The summed E-state index contributed by atoms with van der Waals surface area (Å²) < 4.78 is 35.7. The average Bonchev–Trinajstić information content (AvgIpc) is 3.47. The summed E-state index contributed by atoms with van der Waals surface area (Å²) in [4.78, 5) is 32.3. The van der Waals surface area contributed by atoms with Crippen LogP contribution in [0.2, 0.25) is 0 Å². The first-order valence-corrected chi connectivity index (χ1v) is 10.3. The van der Waals surface area contributed by atoms with E-state index in [0.717, 1.165) is 11.1 Å². The van der Waals surface area contributed by atoms with Gasteiger partial charge < -0.3 is 14.5 Å². The number of aromatic amines is 1. The number of ether oxygens (including phenoxy) is 2. The minimum Gasteiger partial charge on any atom is -0.395 e. The van der Waals surface area contributed by atoms with Crippen molar-refractivity contribution in [3.63, 3.8) is 0 Å². The highest BCUT2D eigenvalue weighted by Crippen LogP contribution is 2.52. The maximum absolute atomic E-state index is 13.4. The number of aryl methyl sites for hydroxylation is 1. The number of pyridine rings is 2. The minimum absolute atomic E-state index is 0.0317. The number of nitrogens with one attached hydrogen (secondary N) is 1. The zero-order chi connectivity index (χ0) is 22.7. The van der Waals surface area contributed by atoms with Gasteiger partial charge >= 0.3 is 6.29 Å². The monoisotopic (exact) mass is 438 g/mol. The van der Waals surface area contributed by atoms with E-state index in [0.29, 0.717) is 35.4 Å². The lowest BCUT2D eigenvalue weighted by Crippen LogP contribution is -2.26. The molecular formula is C24H20F2N2O4. The molecule has 5 rings (SSSR count). The number of rotatable bonds is 5. The van der Waals surface area contributed by atoms with Crippen molar-refractivity contribution in [3.8, 4) is 22.8 Å². The molecule has 3 heterocycles. The van der Waals surface area contributed by atoms with E-state index >= 15 is 0 Å². The van der Waals surface area contributed by atoms with E-state index < -0.39 is 11.7 Å². The van der Waals surface area contributed by atoms with E-state index in [4.69, 9.17) is 0 Å². The van der Waals surface area contributed by atoms with Crippen molar-refractivity contribution in [3.05, 3.63) is 75.3 Å². The topological polar surface area (TPSA) is 81.3 Å². The average molecular weight is 438 g/mol. The molecule has 0 bridgehead atoms. The fourth-order valence-electron chi connectivity index (χ4n) is 4.20. The Morgan fingerprint density at radius 2 is 1.84 bits per heavy atom. The van der Waals surface area contributed by atoms with E-state index in [1.54, 1.807) is 18.3 Å². The van der Waals surface area contributed by atoms with Crippen molar-refractivity contribution in [1.29, 1.82) is 0 Å². The third-order valence-corrected chi connectivity index (χ3v) is 6.21. The fourth-order valence-corrected chi connectivity index (χ4v) is 4.20. The Morgan fingerprint density at radius 1 is 1.09 bits per heavy atom. The number of alkyl halides is 2. The number of H-pyrrole nitrogens is 1. The molecule has 32 heavy (non-hydrogen) atoms. The summed E-state index contributed by atoms with van der Waals surface area (Å²) in [6.07, 6.45) is -0.766. The summed E-state index contributed by atoms with van der Waals surface area (Å²) in [6.45, 7) is 3.86. The highest BCUT2D eigenvalue weighted by Gasteiger charge is 2.52. The number of carbonyl (C=O) groups is 1. The molecule has 1 aliphatic carbocycles. The lowest BCUT2D eigenvalue weighted by atomic mass is 9.88. The van der Waals surface area contributed by atoms with Gasteiger partial charge in [-0.1, -0.05) is 6.07 Å². The van der Waals surface area contributed by atoms with Gasteiger partial charge in [0.15, 0.2) is 11.5 Å². The number of carbonyl (C=O) groups excluding carboxylic acids is 1. The van der Waals surface area contributed by atoms with Crippen molar-refractivity contribution in [2.45, 2.75) is 44.8 Å². The van der Waals surface area contributed by atoms with Crippen molar-refractivity contribution in [2.24, 2.45) is 0 Å². The first-order valence-electron chi connectivity index (χ1n) is 10.3. The molecule has 164 valence electrons. The second-order valence-corrected chi connectivity index (χ2v) is 8.36. The van der Waals surface area contributed by atoms with E-state index in [9.17, 15) is 18.4 Å². The molecule has 1 aliphatic heterocycles. The Labute approximate surface area is 182 Å². The molecule has 0 amide bonds. The van der Waals surface area contributed by atoms with Crippen LogP contribution in [0.15, 0.2) is 47.4 Å². The summed E-state index contributed by atoms with van der Waals surface area (Å²) in [5.74, 6) is -0.136. The zero-order valence-corrected chi connectivity index (χ0v) is 17.5. The van der Waals surface area contributed by atoms with Crippen molar-refractivity contribution in [1.82, 2.24) is 9.97 Å². The standard InChI is InChI=1S/C24H20F2N2O4/c1-13-9-17(28-22(14(13)2)15-5-8-27-21(30)10-15)12-20(29)23(6-7-23)16-3-4-18-19(11-16)32-24(25,26)31-18/h3-5,8-11H,6-7,12H2,1-2H3,(H,27,30). The molecule has 0 atom stereocenters. The molecule has 6 nitrogen and oxygen atoms in total. The molecule has 2 aromatic heterocycles. The number of hydrogen-bond donors (Lipinski definition) is 1. The van der Waals surface area contributed by atoms with Crippen LogP contribution in [0.25, 0.3) is 11.3 Å². The lowest BCUT2D eigenvalue weighted by Gasteiger charge is -2.16. The number of ketones is 1. The molecule has 3 aromatic rings. The largest absolute Gasteiger partial charge is 0.586 e. The zero-order valence-electron chi connectivity index (χ0n) is 17.5. The summed E-state index contributed by atoms with van der Waals surface area (Å²) in [5, 5.41) is 0. The third-order valence-electron chi connectivity index (χ3n) is 6.21. The van der Waals surface area contributed by atoms with Crippen LogP contribution in [0.1, 0.15) is 35.2 Å². The van der Waals surface area contributed by atoms with Gasteiger partial charge in [-0.15, -0.1) is 8.78 Å². The van der Waals surface area contributed by atoms with Crippen LogP contribution in [0, 0.1) is 13.8 Å². The molecule has 2 aliphatic rings. The number of aromatic nitrogens is 2. The Hall–Kier alpha value is -3.55. The number of benzene rings is 1. The number of Topliss-reactive ketones (excluding diaryl/α,β-unsaturated/α-hetero) is 1. The highest BCUT2D eigenvalue weighted by molar-refractivity contribution is 5.94. The molecule has 0 unspecified atom stereocenters. The first-order chi connectivity index (χ1) is 15.2. The van der Waals surface area contributed by atoms with Crippen molar-refractivity contribution in [2.75, 3.05) is 0 Å². The SMILES string of the molecule is Cc1cc(CC(=O)C2(c3ccc4c(c3)OC(F)(F)O4)CC2)nc(-c2cc[nH]c(=O)c2)c1C. The molecule has 0 saturated heterocycles. The van der Waals surface area contributed by atoms with Gasteiger partial charge in [-0.25, -0.2) is 0 Å². The van der Waals surface area contributed by atoms with Crippen LogP contribution < -0.4 is 15.0 Å². The van der Waals surface area contributed by atoms with Gasteiger partial charge in [0, 0.05) is 29.9 Å². The summed E-state index contributed by atoms with van der Waals surface area (Å²) in [6, 6.07) is 9.65. The van der Waals surface area contributed by atoms with Crippen LogP contribution in [-0.2, 0) is 16.6 Å². The van der Waals surface area contributed by atoms with Gasteiger partial charge in [0.1, 0.15) is 5.78 Å². The predicted molar refractivity (Wildman–Crippen MR) is 112 cm³/mol. The molecule has 0 spiro atoms. The third kappa shape index (κ3) is 3.45. The molecule has 1 aromatic carbocycles. The first kappa shape index (κ1) is 20.4. The fraction of sp³-hybridized carbons (Fsp3) is 0.292. The van der Waals surface area contributed by atoms with Crippen LogP contribution >= 0.6 is 0 Å². The van der Waals surface area contributed by atoms with Crippen LogP contribution in [0.3, 0.4) is 0 Å². The molecule has 0 radical (unpaired) electrons. The maximum Gasteiger partial charge on any atom is 0.586 e. The minimum atomic E-state index is -3.69. The Morgan fingerprint density at radius 3 is 2.56 bits per heavy atom. The van der Waals surface area contributed by atoms with Crippen LogP contribution in [0.4, 0.5) is 8.78 Å². The normalized spacial score (nSPS) is 17.2. The van der Waals surface area contributed by atoms with E-state index in [1.165, 1.54) is 18.2 Å². The van der Waals surface area contributed by atoms with Crippen LogP contribution in [-0.4, -0.2) is 22.0 Å². The summed E-state index contributed by atoms with van der Waals surface area (Å²) in [7, 11) is 0. The number of nitrogens with zero attached hydrogens (tertiary/aromatic N) is 1. The summed E-state index contributed by atoms with van der Waals surface area (Å²) in [5.41, 5.74) is 3.52. The molecule has 1 saturated carbocycles. The number of fused-ring (bicyclic) bond motifs is 1. The van der Waals surface area contributed by atoms with Crippen molar-refractivity contribution < 1.29 is 23.0 Å². The van der Waals surface area contributed by atoms with E-state index in [1.807, 2.05) is 19.9 Å². The van der Waals surface area contributed by atoms with Gasteiger partial charge in [0.05, 0.1) is 11.1 Å². The molecule has 1 N–H and O–H groups in total. The smallest absolute Gasteiger partial charge is 0.395 e. The Balaban J connectivity index is 1.44. The van der Waals surface area contributed by atoms with E-state index in [-0.39, 0.29) is 29.3 Å². The van der Waals surface area contributed by atoms with Gasteiger partial charge in [-0.2, -0.15) is 0 Å². The lowest BCUT2D eigenvalue weighted by molar-refractivity contribution is -0.286. The van der Waals surface area contributed by atoms with E-state index in [2.05, 4.69) is 19.4 Å². The molecule has 1 fully saturated rings. The molecule has 8 heteroatoms.